The van der Waals surface area contributed by atoms with Crippen molar-refractivity contribution in [2.75, 3.05) is 6.61 Å². The molecule has 2 N–H and O–H groups in total. The van der Waals surface area contributed by atoms with Crippen LogP contribution in [-0.2, 0) is 9.53 Å². The number of hydrogen-bond acceptors (Lipinski definition) is 3. The second-order valence-electron chi connectivity index (χ2n) is 4.29. The molecule has 14 heavy (non-hydrogen) atoms. The molecule has 2 atom stereocenters. The van der Waals surface area contributed by atoms with Gasteiger partial charge in [-0.1, -0.05) is 34.1 Å². The average molecular weight is 201 g/mol. The molecule has 0 heterocycles. The van der Waals surface area contributed by atoms with E-state index in [1.54, 1.807) is 0 Å². The van der Waals surface area contributed by atoms with Crippen molar-refractivity contribution in [1.29, 1.82) is 0 Å². The molecular formula is C11H23NO2. The van der Waals surface area contributed by atoms with Crippen molar-refractivity contribution >= 4 is 5.97 Å². The maximum absolute atomic E-state index is 11.3. The molecule has 0 amide bonds. The summed E-state index contributed by atoms with van der Waals surface area (Å²) in [5, 5.41) is 0. The van der Waals surface area contributed by atoms with Gasteiger partial charge < -0.3 is 10.5 Å². The molecule has 0 rings (SSSR count). The van der Waals surface area contributed by atoms with E-state index in [9.17, 15) is 4.79 Å². The Morgan fingerprint density at radius 3 is 2.36 bits per heavy atom. The second-order valence-corrected chi connectivity index (χ2v) is 4.29. The van der Waals surface area contributed by atoms with Gasteiger partial charge in [-0.15, -0.1) is 0 Å². The first-order valence-electron chi connectivity index (χ1n) is 5.41. The molecule has 1 unspecified atom stereocenters. The molecule has 3 heteroatoms. The molecule has 0 aliphatic rings. The smallest absolute Gasteiger partial charge is 0.323 e. The summed E-state index contributed by atoms with van der Waals surface area (Å²) in [6.45, 7) is 8.53. The molecule has 84 valence electrons. The maximum Gasteiger partial charge on any atom is 0.323 e. The van der Waals surface area contributed by atoms with Gasteiger partial charge in [0.1, 0.15) is 6.04 Å². The van der Waals surface area contributed by atoms with E-state index in [0.29, 0.717) is 12.5 Å². The lowest BCUT2D eigenvalue weighted by Gasteiger charge is -2.16. The lowest BCUT2D eigenvalue weighted by Crippen LogP contribution is -2.37. The fraction of sp³-hybridized carbons (Fsp3) is 0.909. The zero-order valence-corrected chi connectivity index (χ0v) is 9.75. The zero-order chi connectivity index (χ0) is 11.1. The summed E-state index contributed by atoms with van der Waals surface area (Å²) in [6.07, 6.45) is 2.21. The first-order chi connectivity index (χ1) is 6.49. The van der Waals surface area contributed by atoms with Crippen LogP contribution in [0.25, 0.3) is 0 Å². The highest BCUT2D eigenvalue weighted by atomic mass is 16.5. The van der Waals surface area contributed by atoms with Gasteiger partial charge in [-0.3, -0.25) is 4.79 Å². The minimum atomic E-state index is -0.483. The fourth-order valence-corrected chi connectivity index (χ4v) is 1.17. The molecule has 0 aromatic rings. The molecule has 0 saturated carbocycles. The molecule has 0 aliphatic heterocycles. The Kier molecular flexibility index (Phi) is 6.54. The van der Waals surface area contributed by atoms with Gasteiger partial charge in [-0.2, -0.15) is 0 Å². The van der Waals surface area contributed by atoms with E-state index >= 15 is 0 Å². The summed E-state index contributed by atoms with van der Waals surface area (Å²) in [5.41, 5.74) is 5.65. The van der Waals surface area contributed by atoms with Gasteiger partial charge in [0.25, 0.3) is 0 Å². The van der Waals surface area contributed by atoms with Gasteiger partial charge in [0.15, 0.2) is 0 Å². The molecule has 0 aromatic carbocycles. The van der Waals surface area contributed by atoms with Gasteiger partial charge in [0.2, 0.25) is 0 Å². The van der Waals surface area contributed by atoms with Crippen LogP contribution in [0.2, 0.25) is 0 Å². The number of carbonyl (C=O) groups excluding carboxylic acids is 1. The Balaban J connectivity index is 3.73. The van der Waals surface area contributed by atoms with Crippen molar-refractivity contribution < 1.29 is 9.53 Å². The Morgan fingerprint density at radius 2 is 1.93 bits per heavy atom. The molecule has 0 aliphatic carbocycles. The van der Waals surface area contributed by atoms with Gasteiger partial charge in [-0.25, -0.2) is 0 Å². The molecule has 0 radical (unpaired) electrons. The van der Waals surface area contributed by atoms with Crippen LogP contribution in [0.3, 0.4) is 0 Å². The highest BCUT2D eigenvalue weighted by molar-refractivity contribution is 5.75. The standard InChI is InChI=1S/C11H23NO2/c1-5-6-9(4)7-14-11(13)10(12)8(2)3/h8-10H,5-7,12H2,1-4H3/t9?,10-/m1/s1. The first kappa shape index (κ1) is 13.4. The molecule has 0 fully saturated rings. The number of ether oxygens (including phenoxy) is 1. The summed E-state index contributed by atoms with van der Waals surface area (Å²) in [4.78, 5) is 11.3. The third-order valence-electron chi connectivity index (χ3n) is 2.28. The third kappa shape index (κ3) is 5.22. The van der Waals surface area contributed by atoms with Crippen LogP contribution in [0.4, 0.5) is 0 Å². The highest BCUT2D eigenvalue weighted by Gasteiger charge is 2.19. The van der Waals surface area contributed by atoms with Crippen molar-refractivity contribution in [2.24, 2.45) is 17.6 Å². The Labute approximate surface area is 87.0 Å². The largest absolute Gasteiger partial charge is 0.464 e. The number of carbonyl (C=O) groups is 1. The monoisotopic (exact) mass is 201 g/mol. The predicted octanol–water partition coefficient (Wildman–Crippen LogP) is 1.95. The third-order valence-corrected chi connectivity index (χ3v) is 2.28. The first-order valence-corrected chi connectivity index (χ1v) is 5.41. The summed E-state index contributed by atoms with van der Waals surface area (Å²) in [6, 6.07) is -0.483. The van der Waals surface area contributed by atoms with Crippen molar-refractivity contribution in [2.45, 2.75) is 46.6 Å². The lowest BCUT2D eigenvalue weighted by atomic mass is 10.1. The van der Waals surface area contributed by atoms with E-state index in [0.717, 1.165) is 12.8 Å². The van der Waals surface area contributed by atoms with E-state index in [2.05, 4.69) is 13.8 Å². The molecule has 0 aromatic heterocycles. The van der Waals surface area contributed by atoms with Crippen LogP contribution in [-0.4, -0.2) is 18.6 Å². The molecule has 3 nitrogen and oxygen atoms in total. The number of hydrogen-bond donors (Lipinski definition) is 1. The van der Waals surface area contributed by atoms with Gasteiger partial charge in [0, 0.05) is 0 Å². The topological polar surface area (TPSA) is 52.3 Å². The minimum absolute atomic E-state index is 0.143. The predicted molar refractivity (Wildman–Crippen MR) is 57.8 cm³/mol. The van der Waals surface area contributed by atoms with Crippen molar-refractivity contribution in [1.82, 2.24) is 0 Å². The van der Waals surface area contributed by atoms with Crippen LogP contribution < -0.4 is 5.73 Å². The minimum Gasteiger partial charge on any atom is -0.464 e. The fourth-order valence-electron chi connectivity index (χ4n) is 1.17. The van der Waals surface area contributed by atoms with Gasteiger partial charge >= 0.3 is 5.97 Å². The second kappa shape index (κ2) is 6.82. The van der Waals surface area contributed by atoms with E-state index in [1.807, 2.05) is 13.8 Å². The summed E-state index contributed by atoms with van der Waals surface area (Å²) in [5.74, 6) is 0.301. The highest BCUT2D eigenvalue weighted by Crippen LogP contribution is 2.07. The summed E-state index contributed by atoms with van der Waals surface area (Å²) < 4.78 is 5.12. The van der Waals surface area contributed by atoms with Crippen LogP contribution in [0.15, 0.2) is 0 Å². The van der Waals surface area contributed by atoms with Gasteiger partial charge in [-0.05, 0) is 18.3 Å². The summed E-state index contributed by atoms with van der Waals surface area (Å²) in [7, 11) is 0. The number of rotatable bonds is 6. The van der Waals surface area contributed by atoms with Crippen molar-refractivity contribution in [3.05, 3.63) is 0 Å². The lowest BCUT2D eigenvalue weighted by molar-refractivity contribution is -0.147. The normalized spacial score (nSPS) is 15.3. The Bertz CT molecular complexity index is 169. The Morgan fingerprint density at radius 1 is 1.36 bits per heavy atom. The molecule has 0 saturated heterocycles. The SMILES string of the molecule is CCCC(C)COC(=O)[C@H](N)C(C)C. The van der Waals surface area contributed by atoms with Crippen molar-refractivity contribution in [3.8, 4) is 0 Å². The number of nitrogens with two attached hydrogens (primary N) is 1. The van der Waals surface area contributed by atoms with Crippen LogP contribution in [0, 0.1) is 11.8 Å². The molecular weight excluding hydrogens is 178 g/mol. The average Bonchev–Trinajstić information content (AvgIpc) is 2.13. The Hall–Kier alpha value is -0.570. The van der Waals surface area contributed by atoms with Gasteiger partial charge in [0.05, 0.1) is 6.61 Å². The van der Waals surface area contributed by atoms with E-state index in [4.69, 9.17) is 10.5 Å². The molecule has 0 bridgehead atoms. The van der Waals surface area contributed by atoms with Crippen LogP contribution in [0.1, 0.15) is 40.5 Å². The van der Waals surface area contributed by atoms with Crippen molar-refractivity contribution in [3.63, 3.8) is 0 Å². The van der Waals surface area contributed by atoms with Crippen LogP contribution in [0.5, 0.6) is 0 Å². The van der Waals surface area contributed by atoms with Crippen LogP contribution >= 0.6 is 0 Å². The number of esters is 1. The van der Waals surface area contributed by atoms with E-state index < -0.39 is 6.04 Å². The quantitative estimate of drug-likeness (QED) is 0.668. The van der Waals surface area contributed by atoms with E-state index in [1.165, 1.54) is 0 Å². The van der Waals surface area contributed by atoms with E-state index in [-0.39, 0.29) is 11.9 Å². The maximum atomic E-state index is 11.3. The summed E-state index contributed by atoms with van der Waals surface area (Å²) >= 11 is 0. The molecule has 0 spiro atoms. The zero-order valence-electron chi connectivity index (χ0n) is 9.75.